The van der Waals surface area contributed by atoms with Crippen LogP contribution in [0.3, 0.4) is 0 Å². The molecule has 1 aromatic heterocycles. The highest BCUT2D eigenvalue weighted by atomic mass is 16.5. The molecule has 2 rings (SSSR count). The fraction of sp³-hybridized carbons (Fsp3) is 0.294. The number of para-hydroxylation sites is 1. The Labute approximate surface area is 124 Å². The number of hydrogen-bond donors (Lipinski definition) is 0. The molecule has 0 saturated carbocycles. The van der Waals surface area contributed by atoms with E-state index in [2.05, 4.69) is 4.98 Å². The fourth-order valence-corrected chi connectivity index (χ4v) is 1.83. The number of Topliss-reactive ketones (excluding diaryl/α,β-unsaturated/α-hetero) is 1. The molecule has 1 aromatic carbocycles. The second-order valence-electron chi connectivity index (χ2n) is 4.91. The fourth-order valence-electron chi connectivity index (χ4n) is 1.83. The summed E-state index contributed by atoms with van der Waals surface area (Å²) in [5.74, 6) is 1.37. The summed E-state index contributed by atoms with van der Waals surface area (Å²) in [6, 6.07) is 11.2. The lowest BCUT2D eigenvalue weighted by Crippen LogP contribution is -2.09. The number of carbonyl (C=O) groups excluding carboxylic acids is 1. The SMILES string of the molecule is CC(C)Oc1cncc(C(=O)CCOc2ccccc2)c1. The first kappa shape index (κ1) is 15.0. The van der Waals surface area contributed by atoms with Gasteiger partial charge in [-0.25, -0.2) is 0 Å². The molecule has 1 heterocycles. The number of nitrogens with zero attached hydrogens (tertiary/aromatic N) is 1. The minimum absolute atomic E-state index is 0.00682. The van der Waals surface area contributed by atoms with Gasteiger partial charge in [0.15, 0.2) is 5.78 Å². The molecule has 0 saturated heterocycles. The Bertz CT molecular complexity index is 582. The molecule has 0 aliphatic heterocycles. The molecular formula is C17H19NO3. The Morgan fingerprint density at radius 1 is 1.14 bits per heavy atom. The summed E-state index contributed by atoms with van der Waals surface area (Å²) < 4.78 is 11.1. The second kappa shape index (κ2) is 7.43. The molecule has 0 aliphatic rings. The smallest absolute Gasteiger partial charge is 0.167 e. The second-order valence-corrected chi connectivity index (χ2v) is 4.91. The first-order chi connectivity index (χ1) is 10.1. The van der Waals surface area contributed by atoms with Crippen molar-refractivity contribution >= 4 is 5.78 Å². The van der Waals surface area contributed by atoms with Gasteiger partial charge in [0.05, 0.1) is 18.9 Å². The number of ether oxygens (including phenoxy) is 2. The molecule has 0 aliphatic carbocycles. The number of carbonyl (C=O) groups is 1. The van der Waals surface area contributed by atoms with Crippen molar-refractivity contribution < 1.29 is 14.3 Å². The molecule has 0 unspecified atom stereocenters. The standard InChI is InChI=1S/C17H19NO3/c1-13(2)21-16-10-14(11-18-12-16)17(19)8-9-20-15-6-4-3-5-7-15/h3-7,10-13H,8-9H2,1-2H3. The third kappa shape index (κ3) is 4.91. The van der Waals surface area contributed by atoms with Crippen LogP contribution in [0.1, 0.15) is 30.6 Å². The van der Waals surface area contributed by atoms with E-state index in [1.165, 1.54) is 0 Å². The lowest BCUT2D eigenvalue weighted by atomic mass is 10.1. The molecule has 0 N–H and O–H groups in total. The van der Waals surface area contributed by atoms with Crippen LogP contribution < -0.4 is 9.47 Å². The minimum atomic E-state index is -0.00682. The van der Waals surface area contributed by atoms with Crippen LogP contribution in [0.15, 0.2) is 48.8 Å². The van der Waals surface area contributed by atoms with Gasteiger partial charge in [-0.2, -0.15) is 0 Å². The average molecular weight is 285 g/mol. The largest absolute Gasteiger partial charge is 0.493 e. The predicted octanol–water partition coefficient (Wildman–Crippen LogP) is 3.52. The number of hydrogen-bond acceptors (Lipinski definition) is 4. The van der Waals surface area contributed by atoms with Crippen LogP contribution in [0.25, 0.3) is 0 Å². The average Bonchev–Trinajstić information content (AvgIpc) is 2.48. The zero-order valence-electron chi connectivity index (χ0n) is 12.3. The number of pyridine rings is 1. The Balaban J connectivity index is 1.88. The molecule has 0 spiro atoms. The van der Waals surface area contributed by atoms with Crippen molar-refractivity contribution in [1.82, 2.24) is 4.98 Å². The van der Waals surface area contributed by atoms with E-state index in [0.29, 0.717) is 24.3 Å². The van der Waals surface area contributed by atoms with E-state index in [0.717, 1.165) is 5.75 Å². The lowest BCUT2D eigenvalue weighted by molar-refractivity contribution is 0.0961. The number of rotatable bonds is 7. The number of ketones is 1. The molecule has 0 fully saturated rings. The summed E-state index contributed by atoms with van der Waals surface area (Å²) in [5, 5.41) is 0. The Kier molecular flexibility index (Phi) is 5.32. The topological polar surface area (TPSA) is 48.4 Å². The van der Waals surface area contributed by atoms with Gasteiger partial charge in [-0.05, 0) is 32.0 Å². The summed E-state index contributed by atoms with van der Waals surface area (Å²) in [7, 11) is 0. The first-order valence-electron chi connectivity index (χ1n) is 6.98. The van der Waals surface area contributed by atoms with Gasteiger partial charge in [0.1, 0.15) is 11.5 Å². The zero-order valence-corrected chi connectivity index (χ0v) is 12.3. The van der Waals surface area contributed by atoms with Gasteiger partial charge in [0.2, 0.25) is 0 Å². The van der Waals surface area contributed by atoms with E-state index in [-0.39, 0.29) is 11.9 Å². The third-order valence-electron chi connectivity index (χ3n) is 2.75. The molecule has 0 bridgehead atoms. The van der Waals surface area contributed by atoms with E-state index < -0.39 is 0 Å². The van der Waals surface area contributed by atoms with Gasteiger partial charge in [-0.1, -0.05) is 18.2 Å². The van der Waals surface area contributed by atoms with Crippen LogP contribution in [0.2, 0.25) is 0 Å². The van der Waals surface area contributed by atoms with Crippen molar-refractivity contribution in [3.05, 3.63) is 54.4 Å². The van der Waals surface area contributed by atoms with Crippen LogP contribution in [-0.4, -0.2) is 23.5 Å². The monoisotopic (exact) mass is 285 g/mol. The molecule has 0 radical (unpaired) electrons. The summed E-state index contributed by atoms with van der Waals surface area (Å²) in [5.41, 5.74) is 0.546. The Hall–Kier alpha value is -2.36. The highest BCUT2D eigenvalue weighted by molar-refractivity contribution is 5.96. The summed E-state index contributed by atoms with van der Waals surface area (Å²) >= 11 is 0. The third-order valence-corrected chi connectivity index (χ3v) is 2.75. The summed E-state index contributed by atoms with van der Waals surface area (Å²) in [6.07, 6.45) is 3.52. The quantitative estimate of drug-likeness (QED) is 0.730. The molecule has 2 aromatic rings. The first-order valence-corrected chi connectivity index (χ1v) is 6.98. The highest BCUT2D eigenvalue weighted by Gasteiger charge is 2.09. The van der Waals surface area contributed by atoms with Crippen molar-refractivity contribution in [2.45, 2.75) is 26.4 Å². The lowest BCUT2D eigenvalue weighted by Gasteiger charge is -2.10. The van der Waals surface area contributed by atoms with E-state index in [1.54, 1.807) is 18.5 Å². The van der Waals surface area contributed by atoms with Gasteiger partial charge in [-0.15, -0.1) is 0 Å². The predicted molar refractivity (Wildman–Crippen MR) is 80.9 cm³/mol. The normalized spacial score (nSPS) is 10.4. The van der Waals surface area contributed by atoms with E-state index in [9.17, 15) is 4.79 Å². The number of aromatic nitrogens is 1. The van der Waals surface area contributed by atoms with Crippen molar-refractivity contribution in [2.75, 3.05) is 6.61 Å². The van der Waals surface area contributed by atoms with Crippen LogP contribution in [0.4, 0.5) is 0 Å². The molecule has 4 heteroatoms. The maximum atomic E-state index is 12.1. The van der Waals surface area contributed by atoms with Crippen LogP contribution in [0.5, 0.6) is 11.5 Å². The summed E-state index contributed by atoms with van der Waals surface area (Å²) in [4.78, 5) is 16.1. The molecule has 21 heavy (non-hydrogen) atoms. The molecule has 110 valence electrons. The van der Waals surface area contributed by atoms with Gasteiger partial charge in [0, 0.05) is 18.2 Å². The van der Waals surface area contributed by atoms with Crippen LogP contribution in [-0.2, 0) is 0 Å². The highest BCUT2D eigenvalue weighted by Crippen LogP contribution is 2.15. The van der Waals surface area contributed by atoms with Crippen molar-refractivity contribution in [3.63, 3.8) is 0 Å². The zero-order chi connectivity index (χ0) is 15.1. The molecule has 0 atom stereocenters. The molecular weight excluding hydrogens is 266 g/mol. The van der Waals surface area contributed by atoms with Crippen LogP contribution in [0, 0.1) is 0 Å². The van der Waals surface area contributed by atoms with Gasteiger partial charge in [-0.3, -0.25) is 9.78 Å². The molecule has 4 nitrogen and oxygen atoms in total. The maximum absolute atomic E-state index is 12.1. The maximum Gasteiger partial charge on any atom is 0.167 e. The number of benzene rings is 1. The van der Waals surface area contributed by atoms with E-state index >= 15 is 0 Å². The van der Waals surface area contributed by atoms with Gasteiger partial charge >= 0.3 is 0 Å². The van der Waals surface area contributed by atoms with Gasteiger partial charge in [0.25, 0.3) is 0 Å². The Morgan fingerprint density at radius 2 is 1.90 bits per heavy atom. The van der Waals surface area contributed by atoms with Crippen molar-refractivity contribution in [2.24, 2.45) is 0 Å². The van der Waals surface area contributed by atoms with Gasteiger partial charge < -0.3 is 9.47 Å². The van der Waals surface area contributed by atoms with E-state index in [1.807, 2.05) is 44.2 Å². The van der Waals surface area contributed by atoms with Crippen molar-refractivity contribution in [1.29, 1.82) is 0 Å². The Morgan fingerprint density at radius 3 is 2.62 bits per heavy atom. The summed E-state index contributed by atoms with van der Waals surface area (Å²) in [6.45, 7) is 4.21. The minimum Gasteiger partial charge on any atom is -0.493 e. The van der Waals surface area contributed by atoms with Crippen molar-refractivity contribution in [3.8, 4) is 11.5 Å². The van der Waals surface area contributed by atoms with E-state index in [4.69, 9.17) is 9.47 Å². The van der Waals surface area contributed by atoms with Crippen LogP contribution >= 0.6 is 0 Å². The molecule has 0 amide bonds.